The molecule has 0 spiro atoms. The molecule has 26 heavy (non-hydrogen) atoms. The molecule has 0 N–H and O–H groups in total. The number of hydrogen-bond acceptors (Lipinski definition) is 4. The van der Waals surface area contributed by atoms with Crippen molar-refractivity contribution in [2.45, 2.75) is 17.9 Å². The van der Waals surface area contributed by atoms with Crippen LogP contribution in [0, 0.1) is 5.82 Å². The lowest BCUT2D eigenvalue weighted by molar-refractivity contribution is -0.131. The first-order valence-electron chi connectivity index (χ1n) is 7.90. The Bertz CT molecular complexity index is 973. The van der Waals surface area contributed by atoms with Crippen molar-refractivity contribution in [2.75, 3.05) is 13.6 Å². The van der Waals surface area contributed by atoms with Gasteiger partial charge in [-0.3, -0.25) is 9.59 Å². The predicted octanol–water partition coefficient (Wildman–Crippen LogP) is 2.19. The van der Waals surface area contributed by atoms with Crippen molar-refractivity contribution < 1.29 is 22.4 Å². The molecule has 2 aromatic carbocycles. The van der Waals surface area contributed by atoms with E-state index in [1.807, 2.05) is 0 Å². The number of benzene rings is 2. The number of fused-ring (bicyclic) bond motifs is 1. The molecule has 0 aromatic heterocycles. The van der Waals surface area contributed by atoms with Gasteiger partial charge >= 0.3 is 0 Å². The molecule has 0 radical (unpaired) electrons. The van der Waals surface area contributed by atoms with Crippen LogP contribution in [0.25, 0.3) is 0 Å². The van der Waals surface area contributed by atoms with E-state index in [4.69, 9.17) is 0 Å². The van der Waals surface area contributed by atoms with E-state index in [9.17, 15) is 22.4 Å². The average molecular weight is 376 g/mol. The molecule has 8 heteroatoms. The smallest absolute Gasteiger partial charge is 0.269 e. The van der Waals surface area contributed by atoms with Crippen LogP contribution in [0.15, 0.2) is 53.4 Å². The molecule has 1 aliphatic rings. The quantitative estimate of drug-likeness (QED) is 0.820. The first kappa shape index (κ1) is 18.1. The molecular weight excluding hydrogens is 359 g/mol. The molecule has 6 nitrogen and oxygen atoms in total. The van der Waals surface area contributed by atoms with Gasteiger partial charge in [0.15, 0.2) is 0 Å². The van der Waals surface area contributed by atoms with Crippen molar-refractivity contribution in [3.05, 3.63) is 65.5 Å². The SMILES string of the molecule is CC(c1ccc(F)cc1)N(C)C(=O)CN1C(=O)c2ccccc2S1(=O)=O. The summed E-state index contributed by atoms with van der Waals surface area (Å²) in [4.78, 5) is 26.2. The Labute approximate surface area is 150 Å². The molecule has 1 atom stereocenters. The second-order valence-corrected chi connectivity index (χ2v) is 7.88. The van der Waals surface area contributed by atoms with E-state index in [0.717, 1.165) is 0 Å². The van der Waals surface area contributed by atoms with Gasteiger partial charge in [-0.05, 0) is 36.8 Å². The standard InChI is InChI=1S/C18H17FN2O4S/c1-12(13-7-9-14(19)10-8-13)20(2)17(22)11-21-18(23)15-5-3-4-6-16(15)26(21,24)25/h3-10,12H,11H2,1-2H3. The first-order valence-corrected chi connectivity index (χ1v) is 9.34. The van der Waals surface area contributed by atoms with Crippen molar-refractivity contribution in [3.63, 3.8) is 0 Å². The number of nitrogens with zero attached hydrogens (tertiary/aromatic N) is 2. The molecule has 0 bridgehead atoms. The molecule has 2 aromatic rings. The summed E-state index contributed by atoms with van der Waals surface area (Å²) in [6, 6.07) is 11.1. The molecule has 1 heterocycles. The van der Waals surface area contributed by atoms with E-state index < -0.39 is 34.4 Å². The summed E-state index contributed by atoms with van der Waals surface area (Å²) in [6.45, 7) is 1.15. The molecular formula is C18H17FN2O4S. The minimum Gasteiger partial charge on any atom is -0.337 e. The molecule has 1 aliphatic heterocycles. The highest BCUT2D eigenvalue weighted by molar-refractivity contribution is 7.90. The van der Waals surface area contributed by atoms with Crippen LogP contribution in [0.1, 0.15) is 28.9 Å². The fraction of sp³-hybridized carbons (Fsp3) is 0.222. The van der Waals surface area contributed by atoms with Gasteiger partial charge in [-0.25, -0.2) is 17.1 Å². The predicted molar refractivity (Wildman–Crippen MR) is 92.2 cm³/mol. The largest absolute Gasteiger partial charge is 0.337 e. The van der Waals surface area contributed by atoms with Crippen LogP contribution in [0.3, 0.4) is 0 Å². The summed E-state index contributed by atoms with van der Waals surface area (Å²) in [7, 11) is -2.52. The number of sulfonamides is 1. The lowest BCUT2D eigenvalue weighted by atomic mass is 10.1. The summed E-state index contributed by atoms with van der Waals surface area (Å²) in [6.07, 6.45) is 0. The van der Waals surface area contributed by atoms with Gasteiger partial charge in [-0.2, -0.15) is 0 Å². The molecule has 2 amide bonds. The van der Waals surface area contributed by atoms with Gasteiger partial charge in [0.25, 0.3) is 15.9 Å². The zero-order valence-electron chi connectivity index (χ0n) is 14.2. The third kappa shape index (κ3) is 2.96. The van der Waals surface area contributed by atoms with E-state index in [0.29, 0.717) is 9.87 Å². The number of rotatable bonds is 4. The van der Waals surface area contributed by atoms with E-state index in [1.165, 1.54) is 42.3 Å². The van der Waals surface area contributed by atoms with Crippen LogP contribution in [0.4, 0.5) is 4.39 Å². The molecule has 136 valence electrons. The van der Waals surface area contributed by atoms with Gasteiger partial charge in [-0.1, -0.05) is 24.3 Å². The van der Waals surface area contributed by atoms with Gasteiger partial charge in [-0.15, -0.1) is 0 Å². The summed E-state index contributed by atoms with van der Waals surface area (Å²) < 4.78 is 38.7. The lowest BCUT2D eigenvalue weighted by Gasteiger charge is -2.27. The van der Waals surface area contributed by atoms with Crippen LogP contribution >= 0.6 is 0 Å². The maximum Gasteiger partial charge on any atom is 0.269 e. The Morgan fingerprint density at radius 2 is 1.77 bits per heavy atom. The van der Waals surface area contributed by atoms with Gasteiger partial charge in [0.05, 0.1) is 11.6 Å². The zero-order chi connectivity index (χ0) is 19.1. The average Bonchev–Trinajstić information content (AvgIpc) is 2.82. The fourth-order valence-electron chi connectivity index (χ4n) is 2.80. The topological polar surface area (TPSA) is 74.8 Å². The molecule has 0 fully saturated rings. The van der Waals surface area contributed by atoms with Crippen molar-refractivity contribution in [1.29, 1.82) is 0 Å². The Kier molecular flexibility index (Phi) is 4.53. The van der Waals surface area contributed by atoms with E-state index in [1.54, 1.807) is 25.1 Å². The number of hydrogen-bond donors (Lipinski definition) is 0. The first-order chi connectivity index (χ1) is 12.2. The number of carbonyl (C=O) groups excluding carboxylic acids is 2. The lowest BCUT2D eigenvalue weighted by Crippen LogP contribution is -2.42. The van der Waals surface area contributed by atoms with Crippen LogP contribution in [0.5, 0.6) is 0 Å². The van der Waals surface area contributed by atoms with Gasteiger partial charge in [0, 0.05) is 7.05 Å². The van der Waals surface area contributed by atoms with E-state index >= 15 is 0 Å². The number of likely N-dealkylation sites (N-methyl/N-ethyl adjacent to an activating group) is 1. The Morgan fingerprint density at radius 1 is 1.15 bits per heavy atom. The van der Waals surface area contributed by atoms with Crippen LogP contribution < -0.4 is 0 Å². The normalized spacial score (nSPS) is 16.3. The number of carbonyl (C=O) groups is 2. The second kappa shape index (κ2) is 6.53. The highest BCUT2D eigenvalue weighted by Crippen LogP contribution is 2.30. The highest BCUT2D eigenvalue weighted by Gasteiger charge is 2.42. The molecule has 0 aliphatic carbocycles. The number of halogens is 1. The highest BCUT2D eigenvalue weighted by atomic mass is 32.2. The summed E-state index contributed by atoms with van der Waals surface area (Å²) in [5.41, 5.74) is 0.760. The molecule has 0 saturated carbocycles. The van der Waals surface area contributed by atoms with Gasteiger partial charge in [0.2, 0.25) is 5.91 Å². The summed E-state index contributed by atoms with van der Waals surface area (Å²) >= 11 is 0. The second-order valence-electron chi connectivity index (χ2n) is 6.05. The molecule has 3 rings (SSSR count). The monoisotopic (exact) mass is 376 g/mol. The van der Waals surface area contributed by atoms with Gasteiger partial charge in [0.1, 0.15) is 17.3 Å². The Hall–Kier alpha value is -2.74. The van der Waals surface area contributed by atoms with Crippen molar-refractivity contribution in [2.24, 2.45) is 0 Å². The summed E-state index contributed by atoms with van der Waals surface area (Å²) in [5, 5.41) is 0. The maximum absolute atomic E-state index is 13.0. The van der Waals surface area contributed by atoms with Gasteiger partial charge < -0.3 is 4.90 Å². The molecule has 1 unspecified atom stereocenters. The number of amides is 2. The Balaban J connectivity index is 1.80. The van der Waals surface area contributed by atoms with Crippen LogP contribution in [-0.4, -0.2) is 43.0 Å². The minimum atomic E-state index is -4.03. The van der Waals surface area contributed by atoms with Crippen molar-refractivity contribution in [1.82, 2.24) is 9.21 Å². The van der Waals surface area contributed by atoms with Crippen LogP contribution in [0.2, 0.25) is 0 Å². The van der Waals surface area contributed by atoms with E-state index in [2.05, 4.69) is 0 Å². The molecule has 0 saturated heterocycles. The van der Waals surface area contributed by atoms with E-state index in [-0.39, 0.29) is 16.3 Å². The fourth-order valence-corrected chi connectivity index (χ4v) is 4.32. The van der Waals surface area contributed by atoms with Crippen LogP contribution in [-0.2, 0) is 14.8 Å². The summed E-state index contributed by atoms with van der Waals surface area (Å²) in [5.74, 6) is -1.63. The van der Waals surface area contributed by atoms with Crippen molar-refractivity contribution >= 4 is 21.8 Å². The third-order valence-electron chi connectivity index (χ3n) is 4.52. The Morgan fingerprint density at radius 3 is 2.38 bits per heavy atom. The maximum atomic E-state index is 13.0. The third-order valence-corrected chi connectivity index (χ3v) is 6.30. The zero-order valence-corrected chi connectivity index (χ0v) is 15.0. The minimum absolute atomic E-state index is 0.0644. The van der Waals surface area contributed by atoms with Crippen molar-refractivity contribution in [3.8, 4) is 0 Å².